The van der Waals surface area contributed by atoms with Gasteiger partial charge in [0.1, 0.15) is 5.01 Å². The number of hydrogen-bond acceptors (Lipinski definition) is 4. The lowest BCUT2D eigenvalue weighted by Gasteiger charge is -2.34. The number of aliphatic carboxylic acids is 1. The smallest absolute Gasteiger partial charge is 0.307 e. The van der Waals surface area contributed by atoms with Crippen LogP contribution in [0, 0.1) is 11.8 Å². The van der Waals surface area contributed by atoms with Crippen LogP contribution in [0.15, 0.2) is 36.5 Å². The summed E-state index contributed by atoms with van der Waals surface area (Å²) in [5, 5.41) is 10.3. The molecule has 0 bridgehead atoms. The summed E-state index contributed by atoms with van der Waals surface area (Å²) in [6.45, 7) is 4.52. The van der Waals surface area contributed by atoms with Gasteiger partial charge in [0.25, 0.3) is 0 Å². The Labute approximate surface area is 134 Å². The van der Waals surface area contributed by atoms with Crippen molar-refractivity contribution in [1.29, 1.82) is 0 Å². The predicted octanol–water partition coefficient (Wildman–Crippen LogP) is 3.35. The minimum absolute atomic E-state index is 0.245. The molecule has 0 amide bonds. The molecular weight excluding hydrogens is 296 g/mol. The molecule has 0 spiro atoms. The molecule has 1 aliphatic heterocycles. The van der Waals surface area contributed by atoms with Gasteiger partial charge in [0.05, 0.1) is 5.92 Å². The molecule has 1 aromatic heterocycles. The highest BCUT2D eigenvalue weighted by molar-refractivity contribution is 7.15. The van der Waals surface area contributed by atoms with E-state index in [0.717, 1.165) is 30.1 Å². The van der Waals surface area contributed by atoms with Crippen molar-refractivity contribution < 1.29 is 9.90 Å². The Kier molecular flexibility index (Phi) is 4.55. The van der Waals surface area contributed by atoms with Crippen molar-refractivity contribution in [3.63, 3.8) is 0 Å². The number of thiazole rings is 1. The molecule has 0 saturated carbocycles. The fourth-order valence-electron chi connectivity index (χ4n) is 3.08. The van der Waals surface area contributed by atoms with Gasteiger partial charge in [-0.15, -0.1) is 11.3 Å². The zero-order valence-electron chi connectivity index (χ0n) is 12.6. The monoisotopic (exact) mass is 316 g/mol. The van der Waals surface area contributed by atoms with Gasteiger partial charge in [0.2, 0.25) is 0 Å². The molecule has 1 aliphatic rings. The van der Waals surface area contributed by atoms with Crippen molar-refractivity contribution >= 4 is 17.3 Å². The number of hydrogen-bond donors (Lipinski definition) is 1. The third-order valence-corrected chi connectivity index (χ3v) is 5.07. The van der Waals surface area contributed by atoms with Crippen molar-refractivity contribution in [2.75, 3.05) is 13.1 Å². The first-order valence-corrected chi connectivity index (χ1v) is 8.38. The Hall–Kier alpha value is -1.72. The van der Waals surface area contributed by atoms with Crippen LogP contribution in [0.3, 0.4) is 0 Å². The van der Waals surface area contributed by atoms with Crippen LogP contribution >= 0.6 is 11.3 Å². The van der Waals surface area contributed by atoms with Crippen molar-refractivity contribution in [2.24, 2.45) is 11.8 Å². The lowest BCUT2D eigenvalue weighted by molar-refractivity contribution is -0.144. The molecule has 0 radical (unpaired) electrons. The molecule has 2 aromatic rings. The zero-order valence-corrected chi connectivity index (χ0v) is 13.4. The lowest BCUT2D eigenvalue weighted by atomic mass is 9.90. The van der Waals surface area contributed by atoms with Gasteiger partial charge >= 0.3 is 5.97 Å². The number of rotatable bonds is 4. The molecule has 116 valence electrons. The van der Waals surface area contributed by atoms with E-state index in [9.17, 15) is 9.90 Å². The van der Waals surface area contributed by atoms with Gasteiger partial charge in [-0.1, -0.05) is 37.3 Å². The van der Waals surface area contributed by atoms with Gasteiger partial charge in [0.15, 0.2) is 0 Å². The van der Waals surface area contributed by atoms with E-state index in [-0.39, 0.29) is 5.92 Å². The summed E-state index contributed by atoms with van der Waals surface area (Å²) in [5.74, 6) is -0.493. The van der Waals surface area contributed by atoms with E-state index in [2.05, 4.69) is 28.9 Å². The minimum Gasteiger partial charge on any atom is -0.481 e. The van der Waals surface area contributed by atoms with Crippen molar-refractivity contribution in [3.8, 4) is 10.6 Å². The van der Waals surface area contributed by atoms with E-state index >= 15 is 0 Å². The highest BCUT2D eigenvalue weighted by Gasteiger charge is 2.29. The second-order valence-corrected chi connectivity index (χ2v) is 7.18. The predicted molar refractivity (Wildman–Crippen MR) is 87.7 cm³/mol. The summed E-state index contributed by atoms with van der Waals surface area (Å²) in [5.41, 5.74) is 1.13. The molecule has 0 aliphatic carbocycles. The number of likely N-dealkylation sites (tertiary alicyclic amines) is 1. The Morgan fingerprint density at radius 3 is 2.86 bits per heavy atom. The van der Waals surface area contributed by atoms with Crippen molar-refractivity contribution in [3.05, 3.63) is 41.4 Å². The number of carboxylic acids is 1. The maximum atomic E-state index is 11.3. The average Bonchev–Trinajstić information content (AvgIpc) is 2.96. The first kappa shape index (κ1) is 15.2. The average molecular weight is 316 g/mol. The number of piperidine rings is 1. The highest BCUT2D eigenvalue weighted by Crippen LogP contribution is 2.28. The van der Waals surface area contributed by atoms with Crippen molar-refractivity contribution in [1.82, 2.24) is 9.88 Å². The van der Waals surface area contributed by atoms with Crippen LogP contribution in [0.25, 0.3) is 10.6 Å². The quantitative estimate of drug-likeness (QED) is 0.940. The van der Waals surface area contributed by atoms with Crippen LogP contribution in [-0.2, 0) is 11.3 Å². The van der Waals surface area contributed by atoms with Crippen LogP contribution in [0.4, 0.5) is 0 Å². The molecule has 1 saturated heterocycles. The van der Waals surface area contributed by atoms with E-state index in [0.29, 0.717) is 12.5 Å². The SMILES string of the molecule is CC1CC(C(=O)O)CN(Cc2cnc(-c3ccccc3)s2)C1. The maximum absolute atomic E-state index is 11.3. The standard InChI is InChI=1S/C17H20N2O2S/c1-12-7-14(17(20)21)10-19(9-12)11-15-8-18-16(22-15)13-5-3-2-4-6-13/h2-6,8,12,14H,7,9-11H2,1H3,(H,20,21). The van der Waals surface area contributed by atoms with Crippen LogP contribution < -0.4 is 0 Å². The zero-order chi connectivity index (χ0) is 15.5. The van der Waals surface area contributed by atoms with E-state index < -0.39 is 5.97 Å². The molecule has 3 rings (SSSR count). The van der Waals surface area contributed by atoms with Gasteiger partial charge < -0.3 is 5.11 Å². The summed E-state index contributed by atoms with van der Waals surface area (Å²) >= 11 is 1.69. The molecule has 22 heavy (non-hydrogen) atoms. The van der Waals surface area contributed by atoms with Gasteiger partial charge in [-0.05, 0) is 12.3 Å². The topological polar surface area (TPSA) is 53.4 Å². The Bertz CT molecular complexity index is 641. The third-order valence-electron chi connectivity index (χ3n) is 4.04. The van der Waals surface area contributed by atoms with E-state index in [1.54, 1.807) is 11.3 Å². The summed E-state index contributed by atoms with van der Waals surface area (Å²) < 4.78 is 0. The number of aromatic nitrogens is 1. The largest absolute Gasteiger partial charge is 0.481 e. The van der Waals surface area contributed by atoms with Crippen LogP contribution in [0.5, 0.6) is 0 Å². The number of benzene rings is 1. The van der Waals surface area contributed by atoms with Crippen LogP contribution in [0.1, 0.15) is 18.2 Å². The summed E-state index contributed by atoms with van der Waals surface area (Å²) in [4.78, 5) is 19.2. The number of nitrogens with zero attached hydrogens (tertiary/aromatic N) is 2. The molecule has 2 atom stereocenters. The highest BCUT2D eigenvalue weighted by atomic mass is 32.1. The van der Waals surface area contributed by atoms with Crippen LogP contribution in [0.2, 0.25) is 0 Å². The molecular formula is C17H20N2O2S. The van der Waals surface area contributed by atoms with E-state index in [4.69, 9.17) is 0 Å². The minimum atomic E-state index is -0.675. The third kappa shape index (κ3) is 3.54. The number of carbonyl (C=O) groups is 1. The Balaban J connectivity index is 1.68. The fraction of sp³-hybridized carbons (Fsp3) is 0.412. The van der Waals surface area contributed by atoms with E-state index in [1.165, 1.54) is 4.88 Å². The second kappa shape index (κ2) is 6.58. The van der Waals surface area contributed by atoms with Gasteiger partial charge in [-0.3, -0.25) is 9.69 Å². The molecule has 2 heterocycles. The van der Waals surface area contributed by atoms with Gasteiger partial charge in [-0.2, -0.15) is 0 Å². The molecule has 4 nitrogen and oxygen atoms in total. The first-order valence-electron chi connectivity index (χ1n) is 7.57. The maximum Gasteiger partial charge on any atom is 0.307 e. The molecule has 1 N–H and O–H groups in total. The molecule has 2 unspecified atom stereocenters. The Morgan fingerprint density at radius 1 is 1.36 bits per heavy atom. The summed E-state index contributed by atoms with van der Waals surface area (Å²) in [7, 11) is 0. The molecule has 5 heteroatoms. The molecule has 1 aromatic carbocycles. The van der Waals surface area contributed by atoms with E-state index in [1.807, 2.05) is 24.4 Å². The fourth-order valence-corrected chi connectivity index (χ4v) is 4.05. The van der Waals surface area contributed by atoms with Gasteiger partial charge in [0, 0.05) is 36.3 Å². The number of carboxylic acid groups (broad SMARTS) is 1. The van der Waals surface area contributed by atoms with Crippen molar-refractivity contribution in [2.45, 2.75) is 19.9 Å². The summed E-state index contributed by atoms with van der Waals surface area (Å²) in [6.07, 6.45) is 2.70. The Morgan fingerprint density at radius 2 is 2.14 bits per heavy atom. The summed E-state index contributed by atoms with van der Waals surface area (Å²) in [6, 6.07) is 10.2. The van der Waals surface area contributed by atoms with Crippen LogP contribution in [-0.4, -0.2) is 34.0 Å². The van der Waals surface area contributed by atoms with Gasteiger partial charge in [-0.25, -0.2) is 4.98 Å². The molecule has 1 fully saturated rings. The second-order valence-electron chi connectivity index (χ2n) is 6.07. The normalized spacial score (nSPS) is 22.6. The first-order chi connectivity index (χ1) is 10.6. The lowest BCUT2D eigenvalue weighted by Crippen LogP contribution is -2.41.